The highest BCUT2D eigenvalue weighted by Gasteiger charge is 2.22. The van der Waals surface area contributed by atoms with Gasteiger partial charge in [-0.1, -0.05) is 23.7 Å². The maximum Gasteiger partial charge on any atom is 0.155 e. The molecule has 2 aromatic rings. The summed E-state index contributed by atoms with van der Waals surface area (Å²) in [5.74, 6) is 0.855. The van der Waals surface area contributed by atoms with Gasteiger partial charge in [0.25, 0.3) is 0 Å². The van der Waals surface area contributed by atoms with Crippen molar-refractivity contribution in [1.29, 1.82) is 0 Å². The Balaban J connectivity index is 1.46. The molecule has 2 fully saturated rings. The number of ether oxygens (including phenoxy) is 1. The molecule has 0 unspecified atom stereocenters. The molecule has 1 aromatic heterocycles. The van der Waals surface area contributed by atoms with Crippen molar-refractivity contribution in [3.8, 4) is 11.1 Å². The van der Waals surface area contributed by atoms with Crippen molar-refractivity contribution in [2.75, 3.05) is 31.6 Å². The maximum atomic E-state index is 12.5. The van der Waals surface area contributed by atoms with Crippen LogP contribution in [0.2, 0.25) is 5.02 Å². The van der Waals surface area contributed by atoms with E-state index < -0.39 is 0 Å². The SMILES string of the molecule is O=C(Cc1cc(-c2cccc(NCC3CCOCC3)c2)c(Cl)cn1)[C@H]1CCCN1. The molecule has 3 heterocycles. The summed E-state index contributed by atoms with van der Waals surface area (Å²) >= 11 is 6.45. The fourth-order valence-corrected chi connectivity index (χ4v) is 4.28. The number of anilines is 1. The van der Waals surface area contributed by atoms with Crippen molar-refractivity contribution >= 4 is 23.1 Å². The van der Waals surface area contributed by atoms with E-state index >= 15 is 0 Å². The number of ketones is 1. The van der Waals surface area contributed by atoms with Crippen molar-refractivity contribution in [2.45, 2.75) is 38.1 Å². The van der Waals surface area contributed by atoms with Crippen molar-refractivity contribution < 1.29 is 9.53 Å². The lowest BCUT2D eigenvalue weighted by atomic mass is 10.00. The first-order valence-corrected chi connectivity index (χ1v) is 10.9. The standard InChI is InChI=1S/C23H28ClN3O2/c24-21-15-27-19(13-23(28)22-5-2-8-25-22)12-20(21)17-3-1-4-18(11-17)26-14-16-6-9-29-10-7-16/h1,3-4,11-12,15-16,22,25-26H,2,5-10,13-14H2/t22-/m1/s1. The number of halogens is 1. The Morgan fingerprint density at radius 1 is 1.24 bits per heavy atom. The number of benzene rings is 1. The van der Waals surface area contributed by atoms with E-state index in [2.05, 4.69) is 27.8 Å². The van der Waals surface area contributed by atoms with Gasteiger partial charge in [-0.2, -0.15) is 0 Å². The van der Waals surface area contributed by atoms with Gasteiger partial charge in [0.05, 0.1) is 17.5 Å². The normalized spacial score (nSPS) is 20.0. The summed E-state index contributed by atoms with van der Waals surface area (Å²) in [6.07, 6.45) is 6.18. The van der Waals surface area contributed by atoms with Crippen LogP contribution in [0.5, 0.6) is 0 Å². The van der Waals surface area contributed by atoms with Gasteiger partial charge in [0.1, 0.15) is 0 Å². The van der Waals surface area contributed by atoms with Gasteiger partial charge in [0.15, 0.2) is 5.78 Å². The molecule has 1 aromatic carbocycles. The third-order valence-corrected chi connectivity index (χ3v) is 6.13. The third kappa shape index (κ3) is 5.35. The van der Waals surface area contributed by atoms with Crippen LogP contribution in [-0.4, -0.2) is 43.1 Å². The Hall–Kier alpha value is -1.95. The number of nitrogens with one attached hydrogen (secondary N) is 2. The summed E-state index contributed by atoms with van der Waals surface area (Å²) < 4.78 is 5.44. The molecular weight excluding hydrogens is 386 g/mol. The van der Waals surface area contributed by atoms with Gasteiger partial charge >= 0.3 is 0 Å². The average molecular weight is 414 g/mol. The summed E-state index contributed by atoms with van der Waals surface area (Å²) in [6, 6.07) is 10.2. The molecule has 0 spiro atoms. The van der Waals surface area contributed by atoms with Gasteiger partial charge in [-0.3, -0.25) is 9.78 Å². The van der Waals surface area contributed by atoms with Crippen LogP contribution >= 0.6 is 11.6 Å². The van der Waals surface area contributed by atoms with E-state index in [4.69, 9.17) is 16.3 Å². The van der Waals surface area contributed by atoms with Crippen LogP contribution in [0.15, 0.2) is 36.5 Å². The molecule has 2 aliphatic heterocycles. The largest absolute Gasteiger partial charge is 0.385 e. The van der Waals surface area contributed by atoms with Gasteiger partial charge in [0.2, 0.25) is 0 Å². The second kappa shape index (κ2) is 9.70. The smallest absolute Gasteiger partial charge is 0.155 e. The van der Waals surface area contributed by atoms with Crippen molar-refractivity contribution in [2.24, 2.45) is 5.92 Å². The quantitative estimate of drug-likeness (QED) is 0.715. The molecular formula is C23H28ClN3O2. The van der Waals surface area contributed by atoms with E-state index in [1.165, 1.54) is 0 Å². The zero-order chi connectivity index (χ0) is 20.1. The molecule has 4 rings (SSSR count). The Bertz CT molecular complexity index is 846. The van der Waals surface area contributed by atoms with E-state index in [0.29, 0.717) is 17.4 Å². The molecule has 0 bridgehead atoms. The van der Waals surface area contributed by atoms with E-state index in [-0.39, 0.29) is 11.8 Å². The van der Waals surface area contributed by atoms with E-state index in [0.717, 1.165) is 74.5 Å². The highest BCUT2D eigenvalue weighted by atomic mass is 35.5. The summed E-state index contributed by atoms with van der Waals surface area (Å²) in [5, 5.41) is 7.41. The van der Waals surface area contributed by atoms with E-state index in [1.54, 1.807) is 6.20 Å². The Labute approximate surface area is 177 Å². The molecule has 2 N–H and O–H groups in total. The van der Waals surface area contributed by atoms with Crippen LogP contribution < -0.4 is 10.6 Å². The number of rotatable bonds is 7. The molecule has 0 amide bonds. The summed E-state index contributed by atoms with van der Waals surface area (Å²) in [6.45, 7) is 3.59. The highest BCUT2D eigenvalue weighted by Crippen LogP contribution is 2.30. The maximum absolute atomic E-state index is 12.5. The molecule has 0 radical (unpaired) electrons. The van der Waals surface area contributed by atoms with Crippen LogP contribution in [0.25, 0.3) is 11.1 Å². The van der Waals surface area contributed by atoms with Crippen LogP contribution in [0.4, 0.5) is 5.69 Å². The zero-order valence-corrected chi connectivity index (χ0v) is 17.4. The van der Waals surface area contributed by atoms with Gasteiger partial charge < -0.3 is 15.4 Å². The number of Topliss-reactive ketones (excluding diaryl/α,β-unsaturated/α-hetero) is 1. The number of pyridine rings is 1. The number of carbonyl (C=O) groups excluding carboxylic acids is 1. The second-order valence-electron chi connectivity index (χ2n) is 7.96. The van der Waals surface area contributed by atoms with Crippen LogP contribution in [0.3, 0.4) is 0 Å². The molecule has 2 aliphatic rings. The molecule has 5 nitrogen and oxygen atoms in total. The second-order valence-corrected chi connectivity index (χ2v) is 8.37. The van der Waals surface area contributed by atoms with Gasteiger partial charge in [-0.05, 0) is 61.9 Å². The minimum atomic E-state index is -0.0337. The van der Waals surface area contributed by atoms with Crippen LogP contribution in [0.1, 0.15) is 31.4 Å². The molecule has 29 heavy (non-hydrogen) atoms. The third-order valence-electron chi connectivity index (χ3n) is 5.83. The average Bonchev–Trinajstić information content (AvgIpc) is 3.30. The molecule has 0 aliphatic carbocycles. The summed E-state index contributed by atoms with van der Waals surface area (Å²) in [4.78, 5) is 16.9. The van der Waals surface area contributed by atoms with Crippen LogP contribution in [-0.2, 0) is 16.0 Å². The number of carbonyl (C=O) groups is 1. The highest BCUT2D eigenvalue weighted by molar-refractivity contribution is 6.33. The molecule has 2 saturated heterocycles. The molecule has 154 valence electrons. The topological polar surface area (TPSA) is 63.2 Å². The summed E-state index contributed by atoms with van der Waals surface area (Å²) in [7, 11) is 0. The predicted molar refractivity (Wildman–Crippen MR) is 116 cm³/mol. The van der Waals surface area contributed by atoms with Crippen molar-refractivity contribution in [3.63, 3.8) is 0 Å². The number of aromatic nitrogens is 1. The number of hydrogen-bond acceptors (Lipinski definition) is 5. The Kier molecular flexibility index (Phi) is 6.80. The van der Waals surface area contributed by atoms with Gasteiger partial charge in [-0.15, -0.1) is 0 Å². The van der Waals surface area contributed by atoms with E-state index in [9.17, 15) is 4.79 Å². The Morgan fingerprint density at radius 2 is 2.10 bits per heavy atom. The monoisotopic (exact) mass is 413 g/mol. The fourth-order valence-electron chi connectivity index (χ4n) is 4.07. The lowest BCUT2D eigenvalue weighted by molar-refractivity contribution is -0.120. The Morgan fingerprint density at radius 3 is 2.90 bits per heavy atom. The number of nitrogens with zero attached hydrogens (tertiary/aromatic N) is 1. The van der Waals surface area contributed by atoms with Crippen LogP contribution in [0, 0.1) is 5.92 Å². The molecule has 0 saturated carbocycles. The van der Waals surface area contributed by atoms with Gasteiger partial charge in [-0.25, -0.2) is 0 Å². The number of hydrogen-bond donors (Lipinski definition) is 2. The van der Waals surface area contributed by atoms with E-state index in [1.807, 2.05) is 18.2 Å². The van der Waals surface area contributed by atoms with Crippen molar-refractivity contribution in [3.05, 3.63) is 47.2 Å². The predicted octanol–water partition coefficient (Wildman–Crippen LogP) is 4.10. The lowest BCUT2D eigenvalue weighted by Gasteiger charge is -2.22. The molecule has 1 atom stereocenters. The minimum absolute atomic E-state index is 0.0337. The first kappa shape index (κ1) is 20.3. The first-order valence-electron chi connectivity index (χ1n) is 10.5. The molecule has 6 heteroatoms. The zero-order valence-electron chi connectivity index (χ0n) is 16.6. The minimum Gasteiger partial charge on any atom is -0.385 e. The van der Waals surface area contributed by atoms with Crippen molar-refractivity contribution in [1.82, 2.24) is 10.3 Å². The van der Waals surface area contributed by atoms with Gasteiger partial charge in [0, 0.05) is 42.9 Å². The fraction of sp³-hybridized carbons (Fsp3) is 0.478. The summed E-state index contributed by atoms with van der Waals surface area (Å²) in [5.41, 5.74) is 3.79. The first-order chi connectivity index (χ1) is 14.2. The lowest BCUT2D eigenvalue weighted by Crippen LogP contribution is -2.32.